The van der Waals surface area contributed by atoms with Crippen LogP contribution >= 0.6 is 0 Å². The highest BCUT2D eigenvalue weighted by atomic mass is 16.5. The zero-order chi connectivity index (χ0) is 9.68. The van der Waals surface area contributed by atoms with Crippen LogP contribution in [-0.2, 0) is 9.53 Å². The molecule has 1 saturated carbocycles. The first-order valence-electron chi connectivity index (χ1n) is 5.25. The van der Waals surface area contributed by atoms with E-state index in [4.69, 9.17) is 4.74 Å². The Labute approximate surface area is 80.7 Å². The highest BCUT2D eigenvalue weighted by Crippen LogP contribution is 2.27. The fourth-order valence-corrected chi connectivity index (χ4v) is 2.10. The molecule has 0 saturated heterocycles. The van der Waals surface area contributed by atoms with Crippen molar-refractivity contribution in [2.24, 2.45) is 11.8 Å². The highest BCUT2D eigenvalue weighted by Gasteiger charge is 2.23. The van der Waals surface area contributed by atoms with Gasteiger partial charge in [-0.05, 0) is 18.8 Å². The lowest BCUT2D eigenvalue weighted by Crippen LogP contribution is -2.16. The minimum atomic E-state index is 0.374. The number of carbonyl (C=O) groups is 1. The zero-order valence-corrected chi connectivity index (χ0v) is 8.71. The standard InChI is InChI=1S/C11H20O2/c1-9(8-13-2)7-11(12)10-5-3-4-6-10/h9-10H,3-8H2,1-2H3. The summed E-state index contributed by atoms with van der Waals surface area (Å²) in [6.07, 6.45) is 5.44. The summed E-state index contributed by atoms with van der Waals surface area (Å²) in [4.78, 5) is 11.7. The van der Waals surface area contributed by atoms with Gasteiger partial charge in [0.1, 0.15) is 5.78 Å². The van der Waals surface area contributed by atoms with Gasteiger partial charge in [-0.15, -0.1) is 0 Å². The molecular formula is C11H20O2. The highest BCUT2D eigenvalue weighted by molar-refractivity contribution is 5.81. The number of ketones is 1. The first kappa shape index (κ1) is 10.7. The van der Waals surface area contributed by atoms with Gasteiger partial charge in [0, 0.05) is 26.1 Å². The predicted octanol–water partition coefficient (Wildman–Crippen LogP) is 2.42. The topological polar surface area (TPSA) is 26.3 Å². The zero-order valence-electron chi connectivity index (χ0n) is 8.71. The Morgan fingerprint density at radius 2 is 2.08 bits per heavy atom. The molecule has 0 heterocycles. The van der Waals surface area contributed by atoms with Gasteiger partial charge in [-0.2, -0.15) is 0 Å². The fraction of sp³-hybridized carbons (Fsp3) is 0.909. The van der Waals surface area contributed by atoms with Crippen LogP contribution in [0.2, 0.25) is 0 Å². The summed E-state index contributed by atoms with van der Waals surface area (Å²) in [6, 6.07) is 0. The smallest absolute Gasteiger partial charge is 0.136 e. The third-order valence-corrected chi connectivity index (χ3v) is 2.81. The third kappa shape index (κ3) is 3.47. The van der Waals surface area contributed by atoms with Gasteiger partial charge in [0.15, 0.2) is 0 Å². The monoisotopic (exact) mass is 184 g/mol. The molecule has 1 unspecified atom stereocenters. The quantitative estimate of drug-likeness (QED) is 0.656. The van der Waals surface area contributed by atoms with Crippen LogP contribution in [0.5, 0.6) is 0 Å². The van der Waals surface area contributed by atoms with Gasteiger partial charge in [-0.1, -0.05) is 19.8 Å². The van der Waals surface area contributed by atoms with Crippen molar-refractivity contribution < 1.29 is 9.53 Å². The first-order valence-corrected chi connectivity index (χ1v) is 5.25. The molecule has 1 fully saturated rings. The molecule has 0 bridgehead atoms. The normalized spacial score (nSPS) is 20.5. The molecule has 2 nitrogen and oxygen atoms in total. The van der Waals surface area contributed by atoms with Gasteiger partial charge < -0.3 is 4.74 Å². The second-order valence-electron chi connectivity index (χ2n) is 4.21. The van der Waals surface area contributed by atoms with Crippen LogP contribution in [0.1, 0.15) is 39.0 Å². The van der Waals surface area contributed by atoms with Gasteiger partial charge >= 0.3 is 0 Å². The molecule has 1 rings (SSSR count). The first-order chi connectivity index (χ1) is 6.24. The summed E-state index contributed by atoms with van der Waals surface area (Å²) < 4.78 is 5.01. The Morgan fingerprint density at radius 1 is 1.46 bits per heavy atom. The summed E-state index contributed by atoms with van der Waals surface area (Å²) in [5.41, 5.74) is 0. The molecule has 0 amide bonds. The van der Waals surface area contributed by atoms with E-state index in [1.807, 2.05) is 0 Å². The van der Waals surface area contributed by atoms with Crippen LogP contribution < -0.4 is 0 Å². The van der Waals surface area contributed by atoms with Crippen LogP contribution in [0.25, 0.3) is 0 Å². The maximum atomic E-state index is 11.7. The van der Waals surface area contributed by atoms with Crippen molar-refractivity contribution in [3.8, 4) is 0 Å². The molecule has 0 aromatic rings. The molecule has 0 aromatic carbocycles. The number of carbonyl (C=O) groups excluding carboxylic acids is 1. The molecule has 1 aliphatic rings. The Morgan fingerprint density at radius 3 is 2.62 bits per heavy atom. The number of hydrogen-bond acceptors (Lipinski definition) is 2. The average Bonchev–Trinajstić information content (AvgIpc) is 2.55. The molecule has 0 N–H and O–H groups in total. The lowest BCUT2D eigenvalue weighted by molar-refractivity contribution is -0.123. The SMILES string of the molecule is COCC(C)CC(=O)C1CCCC1. The van der Waals surface area contributed by atoms with E-state index in [0.29, 0.717) is 30.6 Å². The number of ether oxygens (including phenoxy) is 1. The van der Waals surface area contributed by atoms with Crippen molar-refractivity contribution in [2.75, 3.05) is 13.7 Å². The van der Waals surface area contributed by atoms with E-state index in [2.05, 4.69) is 6.92 Å². The molecule has 0 aliphatic heterocycles. The molecule has 1 aliphatic carbocycles. The van der Waals surface area contributed by atoms with Crippen molar-refractivity contribution in [3.63, 3.8) is 0 Å². The molecule has 13 heavy (non-hydrogen) atoms. The van der Waals surface area contributed by atoms with E-state index in [0.717, 1.165) is 12.8 Å². The van der Waals surface area contributed by atoms with E-state index in [1.165, 1.54) is 12.8 Å². The summed E-state index contributed by atoms with van der Waals surface area (Å²) in [5.74, 6) is 1.22. The number of hydrogen-bond donors (Lipinski definition) is 0. The van der Waals surface area contributed by atoms with Crippen LogP contribution in [0.4, 0.5) is 0 Å². The summed E-state index contributed by atoms with van der Waals surface area (Å²) >= 11 is 0. The van der Waals surface area contributed by atoms with Crippen molar-refractivity contribution in [1.82, 2.24) is 0 Å². The Bertz CT molecular complexity index is 159. The van der Waals surface area contributed by atoms with Gasteiger partial charge in [-0.25, -0.2) is 0 Å². The van der Waals surface area contributed by atoms with E-state index < -0.39 is 0 Å². The molecule has 0 spiro atoms. The molecule has 1 atom stereocenters. The van der Waals surface area contributed by atoms with Crippen LogP contribution in [0.3, 0.4) is 0 Å². The van der Waals surface area contributed by atoms with Gasteiger partial charge in [-0.3, -0.25) is 4.79 Å². The number of Topliss-reactive ketones (excluding diaryl/α,β-unsaturated/α-hetero) is 1. The summed E-state index contributed by atoms with van der Waals surface area (Å²) in [7, 11) is 1.69. The molecule has 0 radical (unpaired) electrons. The predicted molar refractivity (Wildman–Crippen MR) is 52.6 cm³/mol. The van der Waals surface area contributed by atoms with Gasteiger partial charge in [0.2, 0.25) is 0 Å². The molecule has 0 aromatic heterocycles. The van der Waals surface area contributed by atoms with Crippen molar-refractivity contribution in [1.29, 1.82) is 0 Å². The van der Waals surface area contributed by atoms with E-state index in [-0.39, 0.29) is 0 Å². The van der Waals surface area contributed by atoms with Crippen molar-refractivity contribution in [2.45, 2.75) is 39.0 Å². The third-order valence-electron chi connectivity index (χ3n) is 2.81. The Hall–Kier alpha value is -0.370. The lowest BCUT2D eigenvalue weighted by atomic mass is 9.95. The maximum absolute atomic E-state index is 11.7. The lowest BCUT2D eigenvalue weighted by Gasteiger charge is -2.12. The average molecular weight is 184 g/mol. The number of methoxy groups -OCH3 is 1. The van der Waals surface area contributed by atoms with Crippen molar-refractivity contribution in [3.05, 3.63) is 0 Å². The minimum Gasteiger partial charge on any atom is -0.384 e. The summed E-state index contributed by atoms with van der Waals surface area (Å²) in [5, 5.41) is 0. The summed E-state index contributed by atoms with van der Waals surface area (Å²) in [6.45, 7) is 2.79. The van der Waals surface area contributed by atoms with Gasteiger partial charge in [0.05, 0.1) is 0 Å². The van der Waals surface area contributed by atoms with Crippen LogP contribution in [0, 0.1) is 11.8 Å². The Balaban J connectivity index is 2.23. The largest absolute Gasteiger partial charge is 0.384 e. The minimum absolute atomic E-state index is 0.374. The molecule has 2 heteroatoms. The number of rotatable bonds is 5. The van der Waals surface area contributed by atoms with E-state index >= 15 is 0 Å². The van der Waals surface area contributed by atoms with E-state index in [1.54, 1.807) is 7.11 Å². The fourth-order valence-electron chi connectivity index (χ4n) is 2.10. The van der Waals surface area contributed by atoms with Crippen LogP contribution in [-0.4, -0.2) is 19.5 Å². The Kier molecular flexibility index (Phi) is 4.43. The van der Waals surface area contributed by atoms with Crippen molar-refractivity contribution >= 4 is 5.78 Å². The second-order valence-corrected chi connectivity index (χ2v) is 4.21. The van der Waals surface area contributed by atoms with E-state index in [9.17, 15) is 4.79 Å². The second kappa shape index (κ2) is 5.38. The maximum Gasteiger partial charge on any atom is 0.136 e. The molecular weight excluding hydrogens is 164 g/mol. The molecule has 76 valence electrons. The van der Waals surface area contributed by atoms with Gasteiger partial charge in [0.25, 0.3) is 0 Å². The van der Waals surface area contributed by atoms with Crippen LogP contribution in [0.15, 0.2) is 0 Å².